The number of alkyl halides is 2. The molecule has 0 saturated carbocycles. The third-order valence-electron chi connectivity index (χ3n) is 2.06. The van der Waals surface area contributed by atoms with Crippen LogP contribution in [0.1, 0.15) is 6.42 Å². The molecule has 13 heavy (non-hydrogen) atoms. The predicted molar refractivity (Wildman–Crippen MR) is 76.3 cm³/mol. The summed E-state index contributed by atoms with van der Waals surface area (Å²) in [6.45, 7) is 1.22. The van der Waals surface area contributed by atoms with Crippen LogP contribution in [0, 0.1) is 0 Å². The van der Waals surface area contributed by atoms with Crippen LogP contribution in [-0.4, -0.2) is 59.3 Å². The van der Waals surface area contributed by atoms with Gasteiger partial charge >= 0.3 is 0 Å². The van der Waals surface area contributed by atoms with E-state index in [4.69, 9.17) is 0 Å². The number of halogens is 2. The fourth-order valence-corrected chi connectivity index (χ4v) is 1.29. The van der Waals surface area contributed by atoms with Crippen molar-refractivity contribution in [1.29, 1.82) is 0 Å². The van der Waals surface area contributed by atoms with E-state index in [0.29, 0.717) is 1.55 Å². The van der Waals surface area contributed by atoms with Gasteiger partial charge in [0.05, 0.1) is 55.3 Å². The second-order valence-electron chi connectivity index (χ2n) is 5.44. The van der Waals surface area contributed by atoms with Gasteiger partial charge in [-0.15, -0.1) is 0 Å². The Hall–Kier alpha value is 1.38. The zero-order valence-electron chi connectivity index (χ0n) is 9.56. The van der Waals surface area contributed by atoms with E-state index in [1.165, 1.54) is 13.0 Å². The van der Waals surface area contributed by atoms with Crippen molar-refractivity contribution in [2.45, 2.75) is 7.97 Å². The normalized spacial score (nSPS) is 14.8. The van der Waals surface area contributed by atoms with Gasteiger partial charge in [0.15, 0.2) is 0 Å². The Morgan fingerprint density at radius 2 is 1.31 bits per heavy atom. The molecule has 0 rings (SSSR count). The summed E-state index contributed by atoms with van der Waals surface area (Å²) in [6, 6.07) is 0. The first-order valence-electron chi connectivity index (χ1n) is 4.45. The van der Waals surface area contributed by atoms with Crippen molar-refractivity contribution in [1.82, 2.24) is 0 Å². The fourth-order valence-electron chi connectivity index (χ4n) is 0.805. The van der Waals surface area contributed by atoms with Crippen molar-refractivity contribution in [3.8, 4) is 0 Å². The number of rotatable bonds is 4. The van der Waals surface area contributed by atoms with Crippen molar-refractivity contribution < 1.29 is 8.97 Å². The summed E-state index contributed by atoms with van der Waals surface area (Å²) < 4.78 is 2.36. The molecule has 0 aliphatic carbocycles. The predicted octanol–water partition coefficient (Wildman–Crippen LogP) is 2.31. The molecular weight excluding hydrogens is 390 g/mol. The van der Waals surface area contributed by atoms with E-state index >= 15 is 0 Å². The molecule has 0 aromatic carbocycles. The van der Waals surface area contributed by atoms with Crippen LogP contribution in [0.15, 0.2) is 0 Å². The summed E-state index contributed by atoms with van der Waals surface area (Å²) in [7, 11) is 13.5. The Bertz CT molecular complexity index is 165. The highest BCUT2D eigenvalue weighted by Gasteiger charge is 2.38. The Morgan fingerprint density at radius 1 is 0.923 bits per heavy atom. The van der Waals surface area contributed by atoms with E-state index in [9.17, 15) is 0 Å². The highest BCUT2D eigenvalue weighted by Crippen LogP contribution is 2.38. The average Bonchev–Trinajstić information content (AvgIpc) is 1.79. The minimum absolute atomic E-state index is 0.307. The monoisotopic (exact) mass is 412 g/mol. The van der Waals surface area contributed by atoms with Crippen molar-refractivity contribution in [3.05, 3.63) is 0 Å². The van der Waals surface area contributed by atoms with E-state index in [1.807, 2.05) is 0 Å². The van der Waals surface area contributed by atoms with Gasteiger partial charge in [-0.05, 0) is 0 Å². The molecule has 0 aromatic heterocycles. The highest BCUT2D eigenvalue weighted by molar-refractivity contribution is 14.2. The van der Waals surface area contributed by atoms with Crippen LogP contribution in [0.5, 0.6) is 0 Å². The molecule has 0 radical (unpaired) electrons. The highest BCUT2D eigenvalue weighted by atomic mass is 127. The van der Waals surface area contributed by atoms with Crippen molar-refractivity contribution in [2.24, 2.45) is 0 Å². The van der Waals surface area contributed by atoms with E-state index in [-0.39, 0.29) is 0 Å². The molecule has 2 nitrogen and oxygen atoms in total. The van der Waals surface area contributed by atoms with Crippen molar-refractivity contribution in [2.75, 3.05) is 48.8 Å². The van der Waals surface area contributed by atoms with Crippen LogP contribution in [-0.2, 0) is 0 Å². The molecule has 4 heteroatoms. The van der Waals surface area contributed by atoms with Crippen LogP contribution >= 0.6 is 45.2 Å². The van der Waals surface area contributed by atoms with Gasteiger partial charge in [0.1, 0.15) is 0 Å². The number of hydrogen-bond donors (Lipinski definition) is 0. The minimum Gasteiger partial charge on any atom is -0.331 e. The third-order valence-corrected chi connectivity index (χ3v) is 6.04. The smallest absolute Gasteiger partial charge is 0.203 e. The standard InChI is InChI=1S/C9H22I2N2/c1-12(2,3)8-7-9(10,11)13(4,5)6/h7-8H2,1-6H3/q+2. The summed E-state index contributed by atoms with van der Waals surface area (Å²) in [5, 5.41) is 0. The molecule has 0 spiro atoms. The number of hydrogen-bond acceptors (Lipinski definition) is 0. The molecular formula is C9H22I2N2+2. The summed E-state index contributed by atoms with van der Waals surface area (Å²) in [5.74, 6) is 0. The zero-order chi connectivity index (χ0) is 10.9. The molecule has 0 aromatic rings. The maximum absolute atomic E-state index is 2.57. The van der Waals surface area contributed by atoms with Gasteiger partial charge in [0, 0.05) is 45.2 Å². The quantitative estimate of drug-likeness (QED) is 0.288. The number of nitrogens with zero attached hydrogens (tertiary/aromatic N) is 2. The van der Waals surface area contributed by atoms with E-state index in [0.717, 1.165) is 8.97 Å². The Labute approximate surface area is 110 Å². The van der Waals surface area contributed by atoms with E-state index in [1.54, 1.807) is 0 Å². The van der Waals surface area contributed by atoms with Crippen molar-refractivity contribution >= 4 is 45.2 Å². The van der Waals surface area contributed by atoms with Gasteiger partial charge < -0.3 is 8.97 Å². The first-order chi connectivity index (χ1) is 5.46. The molecule has 0 atom stereocenters. The average molecular weight is 412 g/mol. The lowest BCUT2D eigenvalue weighted by Crippen LogP contribution is -2.51. The Kier molecular flexibility index (Phi) is 4.96. The largest absolute Gasteiger partial charge is 0.331 e. The molecule has 0 unspecified atom stereocenters. The SMILES string of the molecule is C[N+](C)(C)CCC(I)(I)[N+](C)(C)C. The molecule has 0 amide bonds. The first kappa shape index (κ1) is 14.4. The molecule has 0 aliphatic heterocycles. The molecule has 80 valence electrons. The second kappa shape index (κ2) is 4.49. The van der Waals surface area contributed by atoms with E-state index in [2.05, 4.69) is 87.5 Å². The molecule has 0 N–H and O–H groups in total. The van der Waals surface area contributed by atoms with Gasteiger partial charge in [0.2, 0.25) is 1.55 Å². The van der Waals surface area contributed by atoms with Crippen LogP contribution in [0.25, 0.3) is 0 Å². The second-order valence-corrected chi connectivity index (χ2v) is 11.1. The van der Waals surface area contributed by atoms with Gasteiger partial charge in [-0.3, -0.25) is 0 Å². The van der Waals surface area contributed by atoms with Gasteiger partial charge in [-0.25, -0.2) is 0 Å². The van der Waals surface area contributed by atoms with Gasteiger partial charge in [-0.2, -0.15) is 0 Å². The summed E-state index contributed by atoms with van der Waals surface area (Å²) in [4.78, 5) is 0. The molecule has 0 fully saturated rings. The van der Waals surface area contributed by atoms with Crippen LogP contribution < -0.4 is 0 Å². The fraction of sp³-hybridized carbons (Fsp3) is 1.00. The summed E-state index contributed by atoms with van der Waals surface area (Å²) in [5.41, 5.74) is 0. The van der Waals surface area contributed by atoms with Crippen LogP contribution in [0.3, 0.4) is 0 Å². The molecule has 0 saturated heterocycles. The Morgan fingerprint density at radius 3 is 1.54 bits per heavy atom. The minimum atomic E-state index is 0.307. The molecule has 0 heterocycles. The maximum atomic E-state index is 2.57. The topological polar surface area (TPSA) is 0 Å². The lowest BCUT2D eigenvalue weighted by molar-refractivity contribution is -0.897. The first-order valence-corrected chi connectivity index (χ1v) is 6.61. The van der Waals surface area contributed by atoms with E-state index < -0.39 is 0 Å². The summed E-state index contributed by atoms with van der Waals surface area (Å²) in [6.07, 6.45) is 1.24. The molecule has 0 bridgehead atoms. The van der Waals surface area contributed by atoms with Gasteiger partial charge in [0.25, 0.3) is 0 Å². The Balaban J connectivity index is 4.21. The van der Waals surface area contributed by atoms with Gasteiger partial charge in [-0.1, -0.05) is 0 Å². The van der Waals surface area contributed by atoms with Crippen LogP contribution in [0.4, 0.5) is 0 Å². The number of quaternary nitrogens is 2. The maximum Gasteiger partial charge on any atom is 0.203 e. The third kappa shape index (κ3) is 5.74. The lowest BCUT2D eigenvalue weighted by Gasteiger charge is -2.39. The molecule has 0 aliphatic rings. The van der Waals surface area contributed by atoms with Crippen LogP contribution in [0.2, 0.25) is 0 Å². The zero-order valence-corrected chi connectivity index (χ0v) is 13.9. The summed E-state index contributed by atoms with van der Waals surface area (Å²) >= 11 is 5.14. The lowest BCUT2D eigenvalue weighted by atomic mass is 10.3. The van der Waals surface area contributed by atoms with Crippen molar-refractivity contribution in [3.63, 3.8) is 0 Å².